The molecule has 3 unspecified atom stereocenters. The lowest BCUT2D eigenvalue weighted by atomic mass is 9.94. The number of carbonyl (C=O) groups is 3. The number of nitrogens with zero attached hydrogens (tertiary/aromatic N) is 1. The Morgan fingerprint density at radius 2 is 0.842 bits per heavy atom. The second-order valence-corrected chi connectivity index (χ2v) is 10.8. The summed E-state index contributed by atoms with van der Waals surface area (Å²) in [7, 11) is 0. The van der Waals surface area contributed by atoms with E-state index in [4.69, 9.17) is 0 Å². The summed E-state index contributed by atoms with van der Waals surface area (Å²) in [6.07, 6.45) is 22.7. The highest BCUT2D eigenvalue weighted by molar-refractivity contribution is 5.78. The largest absolute Gasteiger partial charge is 0.477 e. The zero-order valence-corrected chi connectivity index (χ0v) is 24.8. The molecule has 0 aromatic heterocycles. The summed E-state index contributed by atoms with van der Waals surface area (Å²) in [5.74, 6) is -3.36. The predicted molar refractivity (Wildman–Crippen MR) is 154 cm³/mol. The predicted octanol–water partition coefficient (Wildman–Crippen LogP) is 7.82. The van der Waals surface area contributed by atoms with Gasteiger partial charge >= 0.3 is 17.9 Å². The van der Waals surface area contributed by atoms with Crippen molar-refractivity contribution in [2.24, 2.45) is 0 Å². The number of rotatable bonds is 26. The first-order valence-electron chi connectivity index (χ1n) is 15.4. The smallest absolute Gasteiger partial charge is 0.362 e. The molecule has 3 N–H and O–H groups in total. The van der Waals surface area contributed by atoms with E-state index in [0.717, 1.165) is 38.5 Å². The molecular formula is C31H58NO6+. The fourth-order valence-corrected chi connectivity index (χ4v) is 6.09. The van der Waals surface area contributed by atoms with Crippen LogP contribution in [0, 0.1) is 0 Å². The number of aliphatic carboxylic acids is 3. The van der Waals surface area contributed by atoms with Crippen LogP contribution in [0.1, 0.15) is 143 Å². The van der Waals surface area contributed by atoms with Gasteiger partial charge in [0.25, 0.3) is 0 Å². The van der Waals surface area contributed by atoms with Crippen molar-refractivity contribution >= 4 is 17.9 Å². The van der Waals surface area contributed by atoms with Gasteiger partial charge in [-0.2, -0.15) is 0 Å². The summed E-state index contributed by atoms with van der Waals surface area (Å²) in [4.78, 5) is 36.7. The number of hydrogen-bond acceptors (Lipinski definition) is 3. The molecule has 0 heterocycles. The quantitative estimate of drug-likeness (QED) is 0.0586. The molecule has 0 aliphatic heterocycles. The molecule has 0 bridgehead atoms. The molecule has 3 atom stereocenters. The van der Waals surface area contributed by atoms with Crippen LogP contribution < -0.4 is 0 Å². The number of quaternary nitrogens is 1. The average molecular weight is 541 g/mol. The lowest BCUT2D eigenvalue weighted by Crippen LogP contribution is -2.72. The fourth-order valence-electron chi connectivity index (χ4n) is 6.09. The first kappa shape index (κ1) is 36.1. The average Bonchev–Trinajstić information content (AvgIpc) is 2.86. The summed E-state index contributed by atoms with van der Waals surface area (Å²) in [6.45, 7) is 7.61. The van der Waals surface area contributed by atoms with Crippen LogP contribution in [0.4, 0.5) is 0 Å². The molecule has 0 aliphatic carbocycles. The van der Waals surface area contributed by atoms with Crippen LogP contribution in [0.5, 0.6) is 0 Å². The highest BCUT2D eigenvalue weighted by Crippen LogP contribution is 2.32. The van der Waals surface area contributed by atoms with Gasteiger partial charge in [-0.3, -0.25) is 4.48 Å². The standard InChI is InChI=1S/C31H57NO6/c1-5-9-10-11-12-13-14-15-16-17-18-19-20-21-22-23-24-25-32(26(6-2)29(33)34,27(7-3)30(35)36)28(8-4)31(37)38/h17-18,26-28H,5-16,19-25H2,1-4H3,(H2-,33,34,35,36,37,38)/p+1/b18-17+. The number of allylic oxidation sites excluding steroid dienone is 2. The molecule has 7 heteroatoms. The van der Waals surface area contributed by atoms with Gasteiger partial charge in [0, 0.05) is 19.3 Å². The highest BCUT2D eigenvalue weighted by Gasteiger charge is 2.55. The molecule has 7 nitrogen and oxygen atoms in total. The molecule has 0 aliphatic rings. The van der Waals surface area contributed by atoms with Crippen LogP contribution in [0.3, 0.4) is 0 Å². The maximum Gasteiger partial charge on any atom is 0.362 e. The van der Waals surface area contributed by atoms with Gasteiger partial charge in [0.1, 0.15) is 0 Å². The van der Waals surface area contributed by atoms with Gasteiger partial charge in [-0.25, -0.2) is 14.4 Å². The molecule has 0 aromatic rings. The second kappa shape index (κ2) is 22.0. The number of hydrogen-bond donors (Lipinski definition) is 3. The molecular weight excluding hydrogens is 482 g/mol. The minimum Gasteiger partial charge on any atom is -0.477 e. The van der Waals surface area contributed by atoms with Crippen molar-refractivity contribution in [1.82, 2.24) is 0 Å². The summed E-state index contributed by atoms with van der Waals surface area (Å²) in [6, 6.07) is -3.20. The van der Waals surface area contributed by atoms with Crippen LogP contribution in [-0.4, -0.2) is 62.4 Å². The van der Waals surface area contributed by atoms with Crippen LogP contribution in [0.2, 0.25) is 0 Å². The van der Waals surface area contributed by atoms with E-state index < -0.39 is 40.5 Å². The Balaban J connectivity index is 4.71. The lowest BCUT2D eigenvalue weighted by molar-refractivity contribution is -0.973. The van der Waals surface area contributed by atoms with Crippen molar-refractivity contribution in [1.29, 1.82) is 0 Å². The van der Waals surface area contributed by atoms with Crippen LogP contribution in [-0.2, 0) is 14.4 Å². The number of unbranched alkanes of at least 4 members (excludes halogenated alkanes) is 13. The van der Waals surface area contributed by atoms with E-state index in [0.29, 0.717) is 6.42 Å². The Kier molecular flexibility index (Phi) is 20.9. The SMILES string of the molecule is CCCCCCCCCC/C=C/CCCCCCC[N+](C(CC)C(=O)O)(C(CC)C(=O)O)C(CC)C(=O)O. The number of carboxylic acid groups (broad SMARTS) is 3. The lowest BCUT2D eigenvalue weighted by Gasteiger charge is -2.49. The highest BCUT2D eigenvalue weighted by atomic mass is 16.4. The van der Waals surface area contributed by atoms with Gasteiger partial charge in [0.2, 0.25) is 0 Å². The van der Waals surface area contributed by atoms with Crippen LogP contribution in [0.25, 0.3) is 0 Å². The van der Waals surface area contributed by atoms with E-state index in [1.54, 1.807) is 20.8 Å². The molecule has 0 rings (SSSR count). The van der Waals surface area contributed by atoms with Gasteiger partial charge in [-0.05, 0) is 38.5 Å². The minimum atomic E-state index is -1.12. The molecule has 0 saturated carbocycles. The van der Waals surface area contributed by atoms with Crippen molar-refractivity contribution in [3.8, 4) is 0 Å². The zero-order valence-electron chi connectivity index (χ0n) is 24.8. The molecule has 222 valence electrons. The summed E-state index contributed by atoms with van der Waals surface area (Å²) in [5.41, 5.74) is 0. The Morgan fingerprint density at radius 3 is 1.16 bits per heavy atom. The van der Waals surface area contributed by atoms with Gasteiger partial charge in [-0.1, -0.05) is 97.6 Å². The monoisotopic (exact) mass is 540 g/mol. The Bertz CT molecular complexity index is 622. The molecule has 0 amide bonds. The van der Waals surface area contributed by atoms with Gasteiger partial charge < -0.3 is 15.3 Å². The Hall–Kier alpha value is -1.89. The van der Waals surface area contributed by atoms with Crippen molar-refractivity contribution in [2.45, 2.75) is 161 Å². The fraction of sp³-hybridized carbons (Fsp3) is 0.839. The van der Waals surface area contributed by atoms with E-state index in [1.165, 1.54) is 51.4 Å². The first-order chi connectivity index (χ1) is 18.2. The van der Waals surface area contributed by atoms with Gasteiger partial charge in [-0.15, -0.1) is 0 Å². The third kappa shape index (κ3) is 12.8. The molecule has 0 fully saturated rings. The van der Waals surface area contributed by atoms with Crippen molar-refractivity contribution < 1.29 is 34.2 Å². The summed E-state index contributed by atoms with van der Waals surface area (Å²) < 4.78 is -0.412. The summed E-state index contributed by atoms with van der Waals surface area (Å²) >= 11 is 0. The van der Waals surface area contributed by atoms with E-state index >= 15 is 0 Å². The Morgan fingerprint density at radius 1 is 0.526 bits per heavy atom. The minimum absolute atomic E-state index is 0.189. The topological polar surface area (TPSA) is 112 Å². The second-order valence-electron chi connectivity index (χ2n) is 10.8. The van der Waals surface area contributed by atoms with E-state index in [-0.39, 0.29) is 25.8 Å². The molecule has 0 radical (unpaired) electrons. The zero-order chi connectivity index (χ0) is 28.8. The maximum atomic E-state index is 12.2. The third-order valence-corrected chi connectivity index (χ3v) is 8.06. The normalized spacial score (nSPS) is 15.7. The van der Waals surface area contributed by atoms with Crippen LogP contribution >= 0.6 is 0 Å². The molecule has 0 aromatic carbocycles. The van der Waals surface area contributed by atoms with Crippen LogP contribution in [0.15, 0.2) is 12.2 Å². The van der Waals surface area contributed by atoms with E-state index in [1.807, 2.05) is 0 Å². The molecule has 38 heavy (non-hydrogen) atoms. The molecule has 0 spiro atoms. The van der Waals surface area contributed by atoms with E-state index in [9.17, 15) is 29.7 Å². The number of carboxylic acids is 3. The van der Waals surface area contributed by atoms with Gasteiger partial charge in [0.05, 0.1) is 6.54 Å². The maximum absolute atomic E-state index is 12.2. The van der Waals surface area contributed by atoms with Crippen molar-refractivity contribution in [3.63, 3.8) is 0 Å². The summed E-state index contributed by atoms with van der Waals surface area (Å²) in [5, 5.41) is 30.0. The third-order valence-electron chi connectivity index (χ3n) is 8.06. The first-order valence-corrected chi connectivity index (χ1v) is 15.4. The Labute approximate surface area is 232 Å². The van der Waals surface area contributed by atoms with Gasteiger partial charge in [0.15, 0.2) is 18.1 Å². The molecule has 0 saturated heterocycles. The van der Waals surface area contributed by atoms with Crippen molar-refractivity contribution in [2.75, 3.05) is 6.54 Å². The van der Waals surface area contributed by atoms with Crippen molar-refractivity contribution in [3.05, 3.63) is 12.2 Å². The van der Waals surface area contributed by atoms with E-state index in [2.05, 4.69) is 19.1 Å².